The minimum Gasteiger partial charge on any atom is -0.319 e. The van der Waals surface area contributed by atoms with Gasteiger partial charge in [0.2, 0.25) is 0 Å². The summed E-state index contributed by atoms with van der Waals surface area (Å²) >= 11 is 12.5. The Balaban J connectivity index is 1.85. The molecule has 0 saturated carbocycles. The molecule has 4 aromatic rings. The largest absolute Gasteiger partial charge is 0.319 e. The first-order chi connectivity index (χ1) is 14.1. The molecule has 1 aromatic heterocycles. The average molecular weight is 422 g/mol. The van der Waals surface area contributed by atoms with Gasteiger partial charge in [0.25, 0.3) is 5.91 Å². The average Bonchev–Trinajstić information content (AvgIpc) is 3.09. The molecule has 0 bridgehead atoms. The first-order valence-corrected chi connectivity index (χ1v) is 9.77. The van der Waals surface area contributed by atoms with Crippen molar-refractivity contribution in [1.29, 1.82) is 0 Å². The number of amides is 1. The summed E-state index contributed by atoms with van der Waals surface area (Å²) in [5.41, 5.74) is 3.88. The zero-order chi connectivity index (χ0) is 20.4. The zero-order valence-electron chi connectivity index (χ0n) is 15.6. The Kier molecular flexibility index (Phi) is 5.38. The van der Waals surface area contributed by atoms with Gasteiger partial charge in [-0.05, 0) is 31.2 Å². The van der Waals surface area contributed by atoms with E-state index >= 15 is 0 Å². The smallest absolute Gasteiger partial charge is 0.259 e. The topological polar surface area (TPSA) is 46.9 Å². The van der Waals surface area contributed by atoms with Crippen LogP contribution in [0, 0.1) is 6.92 Å². The van der Waals surface area contributed by atoms with Crippen molar-refractivity contribution >= 4 is 34.8 Å². The monoisotopic (exact) mass is 421 g/mol. The number of carbonyl (C=O) groups is 1. The van der Waals surface area contributed by atoms with Gasteiger partial charge in [-0.25, -0.2) is 4.68 Å². The van der Waals surface area contributed by atoms with E-state index in [-0.39, 0.29) is 5.91 Å². The summed E-state index contributed by atoms with van der Waals surface area (Å²) in [4.78, 5) is 13.3. The van der Waals surface area contributed by atoms with Crippen molar-refractivity contribution < 1.29 is 4.79 Å². The second kappa shape index (κ2) is 8.11. The Labute approximate surface area is 178 Å². The van der Waals surface area contributed by atoms with E-state index in [9.17, 15) is 4.79 Å². The van der Waals surface area contributed by atoms with Crippen LogP contribution < -0.4 is 5.32 Å². The molecule has 0 saturated heterocycles. The first-order valence-electron chi connectivity index (χ1n) is 9.02. The Hall–Kier alpha value is -3.08. The van der Waals surface area contributed by atoms with Gasteiger partial charge in [0.1, 0.15) is 5.69 Å². The highest BCUT2D eigenvalue weighted by atomic mass is 35.5. The van der Waals surface area contributed by atoms with Gasteiger partial charge >= 0.3 is 0 Å². The number of halogens is 2. The van der Waals surface area contributed by atoms with Gasteiger partial charge in [0.05, 0.1) is 32.7 Å². The number of carbonyl (C=O) groups excluding carboxylic acids is 1. The van der Waals surface area contributed by atoms with Crippen LogP contribution in [0.5, 0.6) is 0 Å². The number of hydrogen-bond acceptors (Lipinski definition) is 2. The van der Waals surface area contributed by atoms with Crippen molar-refractivity contribution in [2.45, 2.75) is 6.92 Å². The van der Waals surface area contributed by atoms with E-state index < -0.39 is 0 Å². The number of nitrogens with one attached hydrogen (secondary N) is 1. The number of hydrogen-bond donors (Lipinski definition) is 1. The summed E-state index contributed by atoms with van der Waals surface area (Å²) in [6.45, 7) is 1.87. The highest BCUT2D eigenvalue weighted by Crippen LogP contribution is 2.32. The summed E-state index contributed by atoms with van der Waals surface area (Å²) in [5, 5.41) is 8.35. The number of para-hydroxylation sites is 2. The molecule has 0 radical (unpaired) electrons. The number of aromatic nitrogens is 2. The van der Waals surface area contributed by atoms with Crippen LogP contribution in [0.25, 0.3) is 16.9 Å². The van der Waals surface area contributed by atoms with Gasteiger partial charge in [-0.1, -0.05) is 77.8 Å². The maximum atomic E-state index is 13.3. The summed E-state index contributed by atoms with van der Waals surface area (Å²) in [6.07, 6.45) is 0. The summed E-state index contributed by atoms with van der Waals surface area (Å²) in [5.74, 6) is -0.321. The lowest BCUT2D eigenvalue weighted by atomic mass is 10.1. The van der Waals surface area contributed by atoms with Crippen molar-refractivity contribution in [3.05, 3.63) is 100 Å². The van der Waals surface area contributed by atoms with Crippen LogP contribution in [-0.4, -0.2) is 15.7 Å². The summed E-state index contributed by atoms with van der Waals surface area (Å²) in [6, 6.07) is 24.4. The normalized spacial score (nSPS) is 10.7. The van der Waals surface area contributed by atoms with Gasteiger partial charge < -0.3 is 5.32 Å². The molecule has 1 heterocycles. The highest BCUT2D eigenvalue weighted by Gasteiger charge is 2.24. The number of rotatable bonds is 4. The van der Waals surface area contributed by atoms with Gasteiger partial charge in [0, 0.05) is 5.56 Å². The SMILES string of the molecule is Cc1c(C(=O)Nc2c(Cl)cccc2Cl)c(-c2ccccc2)nn1-c1ccccc1. The fourth-order valence-electron chi connectivity index (χ4n) is 3.19. The van der Waals surface area contributed by atoms with E-state index in [0.29, 0.717) is 27.0 Å². The molecule has 0 fully saturated rings. The molecule has 0 unspecified atom stereocenters. The van der Waals surface area contributed by atoms with E-state index in [1.807, 2.05) is 67.6 Å². The van der Waals surface area contributed by atoms with Gasteiger partial charge in [0.15, 0.2) is 0 Å². The number of anilines is 1. The van der Waals surface area contributed by atoms with Crippen LogP contribution in [0.3, 0.4) is 0 Å². The van der Waals surface area contributed by atoms with Crippen molar-refractivity contribution in [2.24, 2.45) is 0 Å². The molecule has 6 heteroatoms. The molecule has 3 aromatic carbocycles. The standard InChI is InChI=1S/C23H17Cl2N3O/c1-15-20(23(29)26-22-18(24)13-8-14-19(22)25)21(16-9-4-2-5-10-16)27-28(15)17-11-6-3-7-12-17/h2-14H,1H3,(H,26,29). The number of benzene rings is 3. The molecule has 4 rings (SSSR count). The minimum absolute atomic E-state index is 0.321. The molecular formula is C23H17Cl2N3O. The third-order valence-electron chi connectivity index (χ3n) is 4.59. The predicted octanol–water partition coefficient (Wildman–Crippen LogP) is 6.41. The molecule has 1 N–H and O–H groups in total. The van der Waals surface area contributed by atoms with Gasteiger partial charge in [-0.2, -0.15) is 5.10 Å². The zero-order valence-corrected chi connectivity index (χ0v) is 17.1. The van der Waals surface area contributed by atoms with Crippen molar-refractivity contribution in [2.75, 3.05) is 5.32 Å². The second-order valence-electron chi connectivity index (χ2n) is 6.47. The molecule has 1 amide bonds. The second-order valence-corrected chi connectivity index (χ2v) is 7.29. The Bertz CT molecular complexity index is 1150. The molecule has 0 atom stereocenters. The Morgan fingerprint density at radius 3 is 2.07 bits per heavy atom. The van der Waals surface area contributed by atoms with E-state index in [4.69, 9.17) is 28.3 Å². The van der Waals surface area contributed by atoms with Gasteiger partial charge in [-0.15, -0.1) is 0 Å². The van der Waals surface area contributed by atoms with Crippen LogP contribution >= 0.6 is 23.2 Å². The highest BCUT2D eigenvalue weighted by molar-refractivity contribution is 6.40. The lowest BCUT2D eigenvalue weighted by Gasteiger charge is -2.10. The van der Waals surface area contributed by atoms with Crippen LogP contribution in [0.4, 0.5) is 5.69 Å². The molecule has 29 heavy (non-hydrogen) atoms. The van der Waals surface area contributed by atoms with E-state index in [0.717, 1.165) is 16.9 Å². The van der Waals surface area contributed by atoms with Crippen molar-refractivity contribution in [1.82, 2.24) is 9.78 Å². The predicted molar refractivity (Wildman–Crippen MR) is 118 cm³/mol. The van der Waals surface area contributed by atoms with Crippen LogP contribution in [0.15, 0.2) is 78.9 Å². The van der Waals surface area contributed by atoms with Crippen molar-refractivity contribution in [3.8, 4) is 16.9 Å². The third-order valence-corrected chi connectivity index (χ3v) is 5.22. The lowest BCUT2D eigenvalue weighted by molar-refractivity contribution is 0.102. The molecule has 0 aliphatic rings. The maximum Gasteiger partial charge on any atom is 0.259 e. The van der Waals surface area contributed by atoms with Crippen molar-refractivity contribution in [3.63, 3.8) is 0 Å². The van der Waals surface area contributed by atoms with Crippen LogP contribution in [0.1, 0.15) is 16.1 Å². The molecule has 0 spiro atoms. The maximum absolute atomic E-state index is 13.3. The van der Waals surface area contributed by atoms with E-state index in [1.165, 1.54) is 0 Å². The minimum atomic E-state index is -0.321. The molecular weight excluding hydrogens is 405 g/mol. The molecule has 0 aliphatic carbocycles. The quantitative estimate of drug-likeness (QED) is 0.413. The first kappa shape index (κ1) is 19.2. The fraction of sp³-hybridized carbons (Fsp3) is 0.0435. The fourth-order valence-corrected chi connectivity index (χ4v) is 3.68. The summed E-state index contributed by atoms with van der Waals surface area (Å²) < 4.78 is 1.77. The number of nitrogens with zero attached hydrogens (tertiary/aromatic N) is 2. The Morgan fingerprint density at radius 1 is 0.862 bits per heavy atom. The van der Waals surface area contributed by atoms with Crippen LogP contribution in [0.2, 0.25) is 10.0 Å². The molecule has 0 aliphatic heterocycles. The molecule has 4 nitrogen and oxygen atoms in total. The van der Waals surface area contributed by atoms with Crippen LogP contribution in [-0.2, 0) is 0 Å². The summed E-state index contributed by atoms with van der Waals surface area (Å²) in [7, 11) is 0. The third kappa shape index (κ3) is 3.77. The van der Waals surface area contributed by atoms with E-state index in [1.54, 1.807) is 22.9 Å². The molecule has 144 valence electrons. The van der Waals surface area contributed by atoms with E-state index in [2.05, 4.69) is 5.32 Å². The Morgan fingerprint density at radius 2 is 1.45 bits per heavy atom. The van der Waals surface area contributed by atoms with Gasteiger partial charge in [-0.3, -0.25) is 4.79 Å². The lowest BCUT2D eigenvalue weighted by Crippen LogP contribution is -2.14.